The van der Waals surface area contributed by atoms with Gasteiger partial charge in [0.1, 0.15) is 0 Å². The summed E-state index contributed by atoms with van der Waals surface area (Å²) >= 11 is 0. The summed E-state index contributed by atoms with van der Waals surface area (Å²) in [4.78, 5) is 2.45. The third kappa shape index (κ3) is 3.57. The van der Waals surface area contributed by atoms with Crippen molar-refractivity contribution in [1.29, 1.82) is 0 Å². The third-order valence-electron chi connectivity index (χ3n) is 12.8. The zero-order valence-electron chi connectivity index (χ0n) is 27.0. The average molecular weight is 616 g/mol. The molecule has 0 radical (unpaired) electrons. The van der Waals surface area contributed by atoms with Gasteiger partial charge in [-0.2, -0.15) is 0 Å². The first-order valence-corrected chi connectivity index (χ1v) is 17.9. The largest absolute Gasteiger partial charge is 0.309 e. The lowest BCUT2D eigenvalue weighted by Crippen LogP contribution is -2.40. The molecule has 5 aliphatic rings. The van der Waals surface area contributed by atoms with E-state index in [9.17, 15) is 0 Å². The molecule has 7 aromatic rings. The summed E-state index contributed by atoms with van der Waals surface area (Å²) < 4.78 is 0. The van der Waals surface area contributed by atoms with Crippen LogP contribution in [0.3, 0.4) is 0 Å². The maximum atomic E-state index is 2.60. The van der Waals surface area contributed by atoms with Crippen molar-refractivity contribution in [2.24, 2.45) is 23.7 Å². The van der Waals surface area contributed by atoms with Gasteiger partial charge in [-0.25, -0.2) is 0 Å². The fourth-order valence-corrected chi connectivity index (χ4v) is 11.2. The van der Waals surface area contributed by atoms with E-state index in [0.29, 0.717) is 0 Å². The van der Waals surface area contributed by atoms with E-state index >= 15 is 0 Å². The van der Waals surface area contributed by atoms with Crippen molar-refractivity contribution >= 4 is 38.6 Å². The Morgan fingerprint density at radius 2 is 1.10 bits per heavy atom. The van der Waals surface area contributed by atoms with Gasteiger partial charge in [0.15, 0.2) is 0 Å². The summed E-state index contributed by atoms with van der Waals surface area (Å²) in [6, 6.07) is 57.0. The molecule has 1 heteroatoms. The minimum Gasteiger partial charge on any atom is -0.309 e. The summed E-state index contributed by atoms with van der Waals surface area (Å²) in [6.07, 6.45) is 5.72. The monoisotopic (exact) mass is 615 g/mol. The fraction of sp³-hybridized carbons (Fsp3) is 0.191. The number of rotatable bonds is 4. The van der Waals surface area contributed by atoms with Crippen molar-refractivity contribution in [3.05, 3.63) is 163 Å². The second-order valence-electron chi connectivity index (χ2n) is 14.9. The topological polar surface area (TPSA) is 3.24 Å². The maximum Gasteiger partial charge on any atom is 0.0540 e. The molecular weight excluding hydrogens is 579 g/mol. The van der Waals surface area contributed by atoms with Gasteiger partial charge in [-0.05, 0) is 124 Å². The van der Waals surface area contributed by atoms with Gasteiger partial charge in [-0.1, -0.05) is 121 Å². The molecule has 4 bridgehead atoms. The van der Waals surface area contributed by atoms with Gasteiger partial charge in [-0.15, -0.1) is 0 Å². The Kier molecular flexibility index (Phi) is 5.56. The average Bonchev–Trinajstić information content (AvgIpc) is 3.69. The molecule has 0 aliphatic heterocycles. The summed E-state index contributed by atoms with van der Waals surface area (Å²) in [6.45, 7) is 0. The van der Waals surface area contributed by atoms with Gasteiger partial charge in [0.25, 0.3) is 0 Å². The van der Waals surface area contributed by atoms with Crippen LogP contribution in [0.4, 0.5) is 17.1 Å². The first-order chi connectivity index (χ1) is 23.8. The Balaban J connectivity index is 1.05. The van der Waals surface area contributed by atoms with Gasteiger partial charge in [-0.3, -0.25) is 0 Å². The van der Waals surface area contributed by atoms with Crippen LogP contribution in [0, 0.1) is 23.7 Å². The van der Waals surface area contributed by atoms with E-state index in [1.165, 1.54) is 86.5 Å². The van der Waals surface area contributed by atoms with Crippen LogP contribution in [-0.4, -0.2) is 0 Å². The molecular formula is C47H37N. The van der Waals surface area contributed by atoms with Crippen LogP contribution in [0.1, 0.15) is 36.8 Å². The van der Waals surface area contributed by atoms with Gasteiger partial charge in [0, 0.05) is 21.9 Å². The summed E-state index contributed by atoms with van der Waals surface area (Å²) in [5.74, 6) is 3.46. The van der Waals surface area contributed by atoms with E-state index in [2.05, 4.69) is 157 Å². The second-order valence-corrected chi connectivity index (χ2v) is 14.9. The van der Waals surface area contributed by atoms with Gasteiger partial charge in [0.05, 0.1) is 11.4 Å². The lowest BCUT2D eigenvalue weighted by atomic mass is 9.59. The molecule has 4 saturated carbocycles. The molecule has 12 rings (SSSR count). The fourth-order valence-electron chi connectivity index (χ4n) is 11.2. The Bertz CT molecular complexity index is 2310. The van der Waals surface area contributed by atoms with Crippen LogP contribution in [0.15, 0.2) is 152 Å². The van der Waals surface area contributed by atoms with Crippen LogP contribution in [0.25, 0.3) is 43.8 Å². The lowest BCUT2D eigenvalue weighted by Gasteiger charge is -2.44. The minimum absolute atomic E-state index is 0.207. The molecule has 0 saturated heterocycles. The Morgan fingerprint density at radius 3 is 1.83 bits per heavy atom. The van der Waals surface area contributed by atoms with Crippen molar-refractivity contribution < 1.29 is 0 Å². The number of fused-ring (bicyclic) bond motifs is 5. The zero-order chi connectivity index (χ0) is 31.4. The lowest BCUT2D eigenvalue weighted by molar-refractivity contribution is 0.191. The predicted molar refractivity (Wildman–Crippen MR) is 200 cm³/mol. The maximum absolute atomic E-state index is 2.60. The van der Waals surface area contributed by atoms with Crippen LogP contribution < -0.4 is 4.90 Å². The molecule has 5 unspecified atom stereocenters. The molecule has 1 spiro atoms. The number of benzene rings is 7. The summed E-state index contributed by atoms with van der Waals surface area (Å²) in [5.41, 5.74) is 12.6. The number of anilines is 3. The Morgan fingerprint density at radius 1 is 0.479 bits per heavy atom. The molecule has 48 heavy (non-hydrogen) atoms. The Labute approximate surface area is 282 Å². The van der Waals surface area contributed by atoms with Gasteiger partial charge in [0.2, 0.25) is 0 Å². The SMILES string of the molecule is c1ccc2c(c1)-c1ccc(-c3ccc(N(c4cccc5ccccc45)c4cccc5ccccc45)cc3)cc1C21C2CC3CC(C2)C1C3. The van der Waals surface area contributed by atoms with Crippen molar-refractivity contribution in [3.8, 4) is 22.3 Å². The Hall–Kier alpha value is -5.14. The third-order valence-corrected chi connectivity index (χ3v) is 12.8. The molecule has 7 aromatic carbocycles. The number of hydrogen-bond acceptors (Lipinski definition) is 1. The van der Waals surface area contributed by atoms with E-state index in [1.807, 2.05) is 0 Å². The van der Waals surface area contributed by atoms with E-state index in [0.717, 1.165) is 23.7 Å². The highest BCUT2D eigenvalue weighted by molar-refractivity contribution is 6.04. The van der Waals surface area contributed by atoms with E-state index in [4.69, 9.17) is 0 Å². The standard InChI is InChI=1S/C47H37N/c1-3-13-38-32(9-1)11-7-17-45(38)48(46-18-8-12-33-10-2-4-14-39(33)46)37-22-19-31(20-23-37)34-21-24-41-40-15-5-6-16-42(40)47(44(41)29-34)36-26-30-25-35(28-36)43(47)27-30/h1-24,29-30,35-36,43H,25-28H2. The quantitative estimate of drug-likeness (QED) is 0.190. The second kappa shape index (κ2) is 9.94. The van der Waals surface area contributed by atoms with E-state index in [-0.39, 0.29) is 5.41 Å². The summed E-state index contributed by atoms with van der Waals surface area (Å²) in [7, 11) is 0. The molecule has 4 fully saturated rings. The van der Waals surface area contributed by atoms with Crippen molar-refractivity contribution in [1.82, 2.24) is 0 Å². The van der Waals surface area contributed by atoms with Crippen molar-refractivity contribution in [2.45, 2.75) is 31.1 Å². The zero-order valence-corrected chi connectivity index (χ0v) is 27.0. The van der Waals surface area contributed by atoms with E-state index in [1.54, 1.807) is 11.1 Å². The van der Waals surface area contributed by atoms with Crippen LogP contribution in [-0.2, 0) is 5.41 Å². The van der Waals surface area contributed by atoms with Crippen LogP contribution >= 0.6 is 0 Å². The molecule has 0 aromatic heterocycles. The smallest absolute Gasteiger partial charge is 0.0540 e. The van der Waals surface area contributed by atoms with Crippen LogP contribution in [0.5, 0.6) is 0 Å². The number of hydrogen-bond donors (Lipinski definition) is 0. The van der Waals surface area contributed by atoms with Crippen molar-refractivity contribution in [2.75, 3.05) is 4.90 Å². The highest BCUT2D eigenvalue weighted by Gasteiger charge is 2.65. The molecule has 5 atom stereocenters. The molecule has 1 nitrogen and oxygen atoms in total. The first-order valence-electron chi connectivity index (χ1n) is 17.9. The molecule has 0 amide bonds. The van der Waals surface area contributed by atoms with Crippen LogP contribution in [0.2, 0.25) is 0 Å². The predicted octanol–water partition coefficient (Wildman–Crippen LogP) is 12.5. The summed E-state index contributed by atoms with van der Waals surface area (Å²) in [5, 5.41) is 5.00. The van der Waals surface area contributed by atoms with Gasteiger partial charge < -0.3 is 4.90 Å². The number of nitrogens with zero attached hydrogens (tertiary/aromatic N) is 1. The highest BCUT2D eigenvalue weighted by atomic mass is 15.1. The molecule has 0 N–H and O–H groups in total. The molecule has 0 heterocycles. The molecule has 230 valence electrons. The van der Waals surface area contributed by atoms with Crippen molar-refractivity contribution in [3.63, 3.8) is 0 Å². The molecule has 5 aliphatic carbocycles. The normalized spacial score (nSPS) is 24.4. The highest BCUT2D eigenvalue weighted by Crippen LogP contribution is 2.73. The first kappa shape index (κ1) is 26.9. The van der Waals surface area contributed by atoms with Gasteiger partial charge >= 0.3 is 0 Å². The van der Waals surface area contributed by atoms with E-state index < -0.39 is 0 Å². The minimum atomic E-state index is 0.207.